The van der Waals surface area contributed by atoms with Crippen molar-refractivity contribution in [3.8, 4) is 0 Å². The number of halogens is 1. The maximum atomic E-state index is 4.84. The minimum Gasteiger partial charge on any atom is -0.301 e. The molecular weight excluding hydrogens is 332 g/mol. The van der Waals surface area contributed by atoms with Gasteiger partial charge in [0.05, 0.1) is 11.7 Å². The van der Waals surface area contributed by atoms with Gasteiger partial charge in [0.25, 0.3) is 0 Å². The molecule has 2 aromatic rings. The van der Waals surface area contributed by atoms with E-state index in [-0.39, 0.29) is 6.04 Å². The molecular formula is C16H19BrN2S. The van der Waals surface area contributed by atoms with Crippen LogP contribution in [0.25, 0.3) is 0 Å². The first-order chi connectivity index (χ1) is 9.65. The van der Waals surface area contributed by atoms with Crippen LogP contribution in [0.3, 0.4) is 0 Å². The molecule has 20 heavy (non-hydrogen) atoms. The maximum absolute atomic E-state index is 4.84. The van der Waals surface area contributed by atoms with Crippen molar-refractivity contribution in [3.05, 3.63) is 50.4 Å². The summed E-state index contributed by atoms with van der Waals surface area (Å²) in [6.45, 7) is 4.39. The quantitative estimate of drug-likeness (QED) is 0.831. The van der Waals surface area contributed by atoms with Gasteiger partial charge in [0.2, 0.25) is 0 Å². The highest BCUT2D eigenvalue weighted by atomic mass is 79.9. The summed E-state index contributed by atoms with van der Waals surface area (Å²) in [5.74, 6) is 0.487. The monoisotopic (exact) mass is 350 g/mol. The maximum Gasteiger partial charge on any atom is 0.114 e. The SMILES string of the molecule is CC(C)c1csc(C(NC2CC2)c2ccccc2Br)n1. The molecule has 4 heteroatoms. The van der Waals surface area contributed by atoms with Gasteiger partial charge in [-0.1, -0.05) is 48.0 Å². The molecule has 0 amide bonds. The zero-order chi connectivity index (χ0) is 14.1. The van der Waals surface area contributed by atoms with Crippen LogP contribution in [-0.4, -0.2) is 11.0 Å². The lowest BCUT2D eigenvalue weighted by atomic mass is 10.1. The molecule has 1 saturated carbocycles. The van der Waals surface area contributed by atoms with Crippen LogP contribution in [0.5, 0.6) is 0 Å². The third-order valence-corrected chi connectivity index (χ3v) is 5.22. The number of thiazole rings is 1. The second-order valence-corrected chi connectivity index (χ2v) is 7.40. The van der Waals surface area contributed by atoms with Crippen molar-refractivity contribution in [2.45, 2.75) is 44.7 Å². The fourth-order valence-electron chi connectivity index (χ4n) is 2.19. The van der Waals surface area contributed by atoms with E-state index in [9.17, 15) is 0 Å². The number of benzene rings is 1. The molecule has 1 aromatic carbocycles. The Bertz CT molecular complexity index is 590. The Labute approximate surface area is 132 Å². The molecule has 2 nitrogen and oxygen atoms in total. The molecule has 1 aliphatic rings. The second-order valence-electron chi connectivity index (χ2n) is 5.66. The lowest BCUT2D eigenvalue weighted by Gasteiger charge is -2.18. The van der Waals surface area contributed by atoms with Crippen molar-refractivity contribution < 1.29 is 0 Å². The Morgan fingerprint density at radius 3 is 2.65 bits per heavy atom. The van der Waals surface area contributed by atoms with Gasteiger partial charge in [-0.2, -0.15) is 0 Å². The molecule has 1 unspecified atom stereocenters. The number of aromatic nitrogens is 1. The number of rotatable bonds is 5. The largest absolute Gasteiger partial charge is 0.301 e. The van der Waals surface area contributed by atoms with Crippen LogP contribution >= 0.6 is 27.3 Å². The standard InChI is InChI=1S/C16H19BrN2S/c1-10(2)14-9-20-16(19-14)15(18-11-7-8-11)12-5-3-4-6-13(12)17/h3-6,9-11,15,18H,7-8H2,1-2H3. The van der Waals surface area contributed by atoms with Gasteiger partial charge < -0.3 is 5.32 Å². The third-order valence-electron chi connectivity index (χ3n) is 3.57. The van der Waals surface area contributed by atoms with Crippen LogP contribution < -0.4 is 5.32 Å². The smallest absolute Gasteiger partial charge is 0.114 e. The summed E-state index contributed by atoms with van der Waals surface area (Å²) >= 11 is 5.44. The lowest BCUT2D eigenvalue weighted by Crippen LogP contribution is -2.24. The number of nitrogens with one attached hydrogen (secondary N) is 1. The van der Waals surface area contributed by atoms with Crippen molar-refractivity contribution in [2.75, 3.05) is 0 Å². The molecule has 106 valence electrons. The predicted molar refractivity (Wildman–Crippen MR) is 88.3 cm³/mol. The normalized spacial score (nSPS) is 16.6. The number of hydrogen-bond donors (Lipinski definition) is 1. The van der Waals surface area contributed by atoms with Crippen molar-refractivity contribution in [3.63, 3.8) is 0 Å². The van der Waals surface area contributed by atoms with Gasteiger partial charge in [-0.05, 0) is 30.4 Å². The highest BCUT2D eigenvalue weighted by Crippen LogP contribution is 2.34. The third kappa shape index (κ3) is 3.13. The van der Waals surface area contributed by atoms with Gasteiger partial charge in [0, 0.05) is 15.9 Å². The zero-order valence-corrected chi connectivity index (χ0v) is 14.2. The summed E-state index contributed by atoms with van der Waals surface area (Å²) in [7, 11) is 0. The van der Waals surface area contributed by atoms with Crippen LogP contribution in [-0.2, 0) is 0 Å². The van der Waals surface area contributed by atoms with Crippen LogP contribution in [0, 0.1) is 0 Å². The van der Waals surface area contributed by atoms with Crippen LogP contribution in [0.4, 0.5) is 0 Å². The van der Waals surface area contributed by atoms with Gasteiger partial charge in [0.1, 0.15) is 5.01 Å². The Morgan fingerprint density at radius 1 is 1.30 bits per heavy atom. The molecule has 0 spiro atoms. The first-order valence-corrected chi connectivity index (χ1v) is 8.78. The van der Waals surface area contributed by atoms with Crippen LogP contribution in [0.15, 0.2) is 34.1 Å². The summed E-state index contributed by atoms with van der Waals surface area (Å²) in [6.07, 6.45) is 2.56. The Hall–Kier alpha value is -0.710. The van der Waals surface area contributed by atoms with Gasteiger partial charge in [0.15, 0.2) is 0 Å². The molecule has 3 rings (SSSR count). The minimum absolute atomic E-state index is 0.204. The average molecular weight is 351 g/mol. The van der Waals surface area contributed by atoms with Gasteiger partial charge in [-0.15, -0.1) is 11.3 Å². The molecule has 1 N–H and O–H groups in total. The van der Waals surface area contributed by atoms with E-state index in [0.717, 1.165) is 4.47 Å². The second kappa shape index (κ2) is 5.96. The van der Waals surface area contributed by atoms with E-state index in [1.807, 2.05) is 0 Å². The first kappa shape index (κ1) is 14.2. The van der Waals surface area contributed by atoms with E-state index in [1.165, 1.54) is 29.1 Å². The molecule has 1 fully saturated rings. The number of nitrogens with zero attached hydrogens (tertiary/aromatic N) is 1. The van der Waals surface area contributed by atoms with E-state index >= 15 is 0 Å². The molecule has 0 aliphatic heterocycles. The molecule has 1 aromatic heterocycles. The Balaban J connectivity index is 1.94. The Morgan fingerprint density at radius 2 is 2.05 bits per heavy atom. The van der Waals surface area contributed by atoms with E-state index < -0.39 is 0 Å². The first-order valence-electron chi connectivity index (χ1n) is 7.11. The van der Waals surface area contributed by atoms with Crippen molar-refractivity contribution in [1.82, 2.24) is 10.3 Å². The highest BCUT2D eigenvalue weighted by Gasteiger charge is 2.29. The zero-order valence-electron chi connectivity index (χ0n) is 11.8. The lowest BCUT2D eigenvalue weighted by molar-refractivity contribution is 0.593. The van der Waals surface area contributed by atoms with Gasteiger partial charge in [-0.3, -0.25) is 0 Å². The number of hydrogen-bond acceptors (Lipinski definition) is 3. The molecule has 1 heterocycles. The van der Waals surface area contributed by atoms with E-state index in [4.69, 9.17) is 4.98 Å². The predicted octanol–water partition coefficient (Wildman–Crippen LogP) is 4.87. The van der Waals surface area contributed by atoms with Crippen LogP contribution in [0.2, 0.25) is 0 Å². The van der Waals surface area contributed by atoms with Crippen molar-refractivity contribution >= 4 is 27.3 Å². The van der Waals surface area contributed by atoms with Crippen molar-refractivity contribution in [1.29, 1.82) is 0 Å². The highest BCUT2D eigenvalue weighted by molar-refractivity contribution is 9.10. The van der Waals surface area contributed by atoms with Gasteiger partial charge in [-0.25, -0.2) is 4.98 Å². The summed E-state index contributed by atoms with van der Waals surface area (Å²) < 4.78 is 1.15. The van der Waals surface area contributed by atoms with Crippen LogP contribution in [0.1, 0.15) is 54.9 Å². The summed E-state index contributed by atoms with van der Waals surface area (Å²) in [4.78, 5) is 4.84. The van der Waals surface area contributed by atoms with Gasteiger partial charge >= 0.3 is 0 Å². The molecule has 0 radical (unpaired) electrons. The van der Waals surface area contributed by atoms with E-state index in [0.29, 0.717) is 12.0 Å². The van der Waals surface area contributed by atoms with E-state index in [1.54, 1.807) is 11.3 Å². The summed E-state index contributed by atoms with van der Waals surface area (Å²) in [6, 6.07) is 9.30. The molecule has 1 aliphatic carbocycles. The summed E-state index contributed by atoms with van der Waals surface area (Å²) in [5, 5.41) is 7.10. The Kier molecular flexibility index (Phi) is 4.24. The fourth-order valence-corrected chi connectivity index (χ4v) is 3.76. The van der Waals surface area contributed by atoms with Crippen molar-refractivity contribution in [2.24, 2.45) is 0 Å². The minimum atomic E-state index is 0.204. The topological polar surface area (TPSA) is 24.9 Å². The average Bonchev–Trinajstić information content (AvgIpc) is 3.11. The fraction of sp³-hybridized carbons (Fsp3) is 0.438. The summed E-state index contributed by atoms with van der Waals surface area (Å²) in [5.41, 5.74) is 2.48. The molecule has 0 bridgehead atoms. The molecule has 0 saturated heterocycles. The van der Waals surface area contributed by atoms with E-state index in [2.05, 4.69) is 64.7 Å². The molecule has 1 atom stereocenters.